The maximum Gasteiger partial charge on any atom is -0.00821 e. The van der Waals surface area contributed by atoms with Crippen molar-refractivity contribution >= 4 is 12.2 Å². The first-order chi connectivity index (χ1) is 9.31. The Labute approximate surface area is 115 Å². The molecule has 0 spiro atoms. The summed E-state index contributed by atoms with van der Waals surface area (Å²) < 4.78 is 0. The first-order valence-electron chi connectivity index (χ1n) is 7.23. The number of hydrogen-bond donors (Lipinski definition) is 0. The van der Waals surface area contributed by atoms with Crippen molar-refractivity contribution in [1.29, 1.82) is 0 Å². The van der Waals surface area contributed by atoms with Crippen LogP contribution in [0.1, 0.15) is 36.1 Å². The molecule has 19 heavy (non-hydrogen) atoms. The highest BCUT2D eigenvalue weighted by Gasteiger charge is 2.08. The molecular weight excluding hydrogens is 228 g/mol. The Kier molecular flexibility index (Phi) is 3.25. The first kappa shape index (κ1) is 12.2. The molecule has 3 rings (SSSR count). The molecule has 96 valence electrons. The maximum absolute atomic E-state index is 2.38. The second-order valence-corrected chi connectivity index (χ2v) is 5.22. The lowest BCUT2D eigenvalue weighted by molar-refractivity contribution is 1.06. The fraction of sp³-hybridized carbons (Fsp3) is 0.263. The van der Waals surface area contributed by atoms with Gasteiger partial charge in [0.25, 0.3) is 0 Å². The predicted molar refractivity (Wildman–Crippen MR) is 82.6 cm³/mol. The molecule has 0 unspecified atom stereocenters. The molecule has 0 saturated carbocycles. The number of benzene rings is 2. The standard InChI is InChI=1S/C19H20/c1-3-14-11-15(4-2)19-13-17-8-6-5-7-16(17)9-10-18(19)12-14/h5-9,11-13H,3-4,10H2,1-2H3. The molecule has 0 N–H and O–H groups in total. The van der Waals surface area contributed by atoms with Gasteiger partial charge in [-0.05, 0) is 58.0 Å². The van der Waals surface area contributed by atoms with Gasteiger partial charge in [0.1, 0.15) is 0 Å². The topological polar surface area (TPSA) is 0 Å². The summed E-state index contributed by atoms with van der Waals surface area (Å²) in [4.78, 5) is 0. The molecule has 0 fully saturated rings. The third-order valence-corrected chi connectivity index (χ3v) is 4.04. The van der Waals surface area contributed by atoms with Crippen LogP contribution in [0.2, 0.25) is 0 Å². The van der Waals surface area contributed by atoms with Crippen molar-refractivity contribution in [2.24, 2.45) is 0 Å². The molecule has 1 aliphatic rings. The fourth-order valence-electron chi connectivity index (χ4n) is 2.91. The van der Waals surface area contributed by atoms with Gasteiger partial charge in [-0.25, -0.2) is 0 Å². The molecule has 1 aliphatic carbocycles. The Morgan fingerprint density at radius 3 is 2.47 bits per heavy atom. The first-order valence-corrected chi connectivity index (χ1v) is 7.23. The predicted octanol–water partition coefficient (Wildman–Crippen LogP) is 2.98. The summed E-state index contributed by atoms with van der Waals surface area (Å²) in [5, 5.41) is 2.71. The van der Waals surface area contributed by atoms with Gasteiger partial charge in [0.15, 0.2) is 0 Å². The van der Waals surface area contributed by atoms with Crippen molar-refractivity contribution in [3.63, 3.8) is 0 Å². The van der Waals surface area contributed by atoms with Crippen molar-refractivity contribution in [1.82, 2.24) is 0 Å². The van der Waals surface area contributed by atoms with E-state index in [1.165, 1.54) is 32.7 Å². The molecule has 0 atom stereocenters. The quantitative estimate of drug-likeness (QED) is 0.766. The van der Waals surface area contributed by atoms with Crippen molar-refractivity contribution in [2.75, 3.05) is 0 Å². The Morgan fingerprint density at radius 1 is 0.947 bits per heavy atom. The molecule has 0 heterocycles. The summed E-state index contributed by atoms with van der Waals surface area (Å²) in [5.41, 5.74) is 5.87. The molecule has 2 aromatic carbocycles. The largest absolute Gasteiger partial charge is 0.0722 e. The average molecular weight is 248 g/mol. The zero-order chi connectivity index (χ0) is 13.2. The van der Waals surface area contributed by atoms with Gasteiger partial charge in [0, 0.05) is 0 Å². The average Bonchev–Trinajstić information content (AvgIpc) is 2.65. The van der Waals surface area contributed by atoms with E-state index in [-0.39, 0.29) is 0 Å². The molecule has 0 bridgehead atoms. The van der Waals surface area contributed by atoms with E-state index in [4.69, 9.17) is 0 Å². The maximum atomic E-state index is 2.38. The Bertz CT molecular complexity index is 720. The van der Waals surface area contributed by atoms with Crippen molar-refractivity contribution in [3.05, 3.63) is 69.1 Å². The molecule has 2 aromatic rings. The van der Waals surface area contributed by atoms with Gasteiger partial charge in [-0.2, -0.15) is 0 Å². The van der Waals surface area contributed by atoms with Gasteiger partial charge in [-0.15, -0.1) is 0 Å². The van der Waals surface area contributed by atoms with Crippen molar-refractivity contribution in [3.8, 4) is 0 Å². The Hall–Kier alpha value is -1.82. The third kappa shape index (κ3) is 2.23. The highest BCUT2D eigenvalue weighted by atomic mass is 14.1. The van der Waals surface area contributed by atoms with Crippen LogP contribution in [0.5, 0.6) is 0 Å². The molecule has 0 nitrogen and oxygen atoms in total. The Morgan fingerprint density at radius 2 is 1.74 bits per heavy atom. The zero-order valence-electron chi connectivity index (χ0n) is 11.7. The highest BCUT2D eigenvalue weighted by Crippen LogP contribution is 2.21. The van der Waals surface area contributed by atoms with E-state index < -0.39 is 0 Å². The second kappa shape index (κ2) is 5.05. The zero-order valence-corrected chi connectivity index (χ0v) is 11.7. The van der Waals surface area contributed by atoms with Crippen LogP contribution in [-0.4, -0.2) is 0 Å². The third-order valence-electron chi connectivity index (χ3n) is 4.04. The summed E-state index contributed by atoms with van der Waals surface area (Å²) in [6.45, 7) is 4.49. The van der Waals surface area contributed by atoms with Crippen molar-refractivity contribution < 1.29 is 0 Å². The summed E-state index contributed by atoms with van der Waals surface area (Å²) in [6, 6.07) is 13.4. The van der Waals surface area contributed by atoms with Gasteiger partial charge >= 0.3 is 0 Å². The van der Waals surface area contributed by atoms with Gasteiger partial charge in [0.05, 0.1) is 0 Å². The van der Waals surface area contributed by atoms with Gasteiger partial charge in [-0.1, -0.05) is 56.3 Å². The summed E-state index contributed by atoms with van der Waals surface area (Å²) in [5.74, 6) is 0. The van der Waals surface area contributed by atoms with Gasteiger partial charge < -0.3 is 0 Å². The molecule has 0 saturated heterocycles. The van der Waals surface area contributed by atoms with E-state index in [2.05, 4.69) is 62.4 Å². The van der Waals surface area contributed by atoms with E-state index in [1.54, 1.807) is 0 Å². The number of fused-ring (bicyclic) bond motifs is 2. The molecule has 0 radical (unpaired) electrons. The second-order valence-electron chi connectivity index (χ2n) is 5.22. The van der Waals surface area contributed by atoms with Crippen LogP contribution in [0.4, 0.5) is 0 Å². The van der Waals surface area contributed by atoms with E-state index in [0.717, 1.165) is 19.3 Å². The van der Waals surface area contributed by atoms with Crippen LogP contribution in [0.15, 0.2) is 36.4 Å². The lowest BCUT2D eigenvalue weighted by Crippen LogP contribution is -2.22. The summed E-state index contributed by atoms with van der Waals surface area (Å²) in [6.07, 6.45) is 7.99. The van der Waals surface area contributed by atoms with Gasteiger partial charge in [0.2, 0.25) is 0 Å². The van der Waals surface area contributed by atoms with E-state index >= 15 is 0 Å². The molecule has 0 aromatic heterocycles. The molecule has 0 amide bonds. The minimum atomic E-state index is 1.05. The van der Waals surface area contributed by atoms with E-state index in [1.807, 2.05) is 0 Å². The van der Waals surface area contributed by atoms with E-state index in [0.29, 0.717) is 0 Å². The monoisotopic (exact) mass is 248 g/mol. The van der Waals surface area contributed by atoms with Crippen LogP contribution in [0, 0.1) is 0 Å². The smallest absolute Gasteiger partial charge is 0.00821 e. The van der Waals surface area contributed by atoms with Crippen LogP contribution >= 0.6 is 0 Å². The van der Waals surface area contributed by atoms with Crippen LogP contribution in [-0.2, 0) is 19.3 Å². The summed E-state index contributed by atoms with van der Waals surface area (Å²) >= 11 is 0. The number of hydrogen-bond acceptors (Lipinski definition) is 0. The molecule has 0 aliphatic heterocycles. The highest BCUT2D eigenvalue weighted by molar-refractivity contribution is 5.63. The SMILES string of the molecule is CCc1cc(CC)c2c(c1)CC=c1ccccc1=C2. The molecule has 0 heteroatoms. The Balaban J connectivity index is 2.30. The number of aryl methyl sites for hydroxylation is 2. The molecular formula is C19H20. The van der Waals surface area contributed by atoms with Gasteiger partial charge in [-0.3, -0.25) is 0 Å². The minimum Gasteiger partial charge on any atom is -0.0722 e. The van der Waals surface area contributed by atoms with Crippen LogP contribution in [0.25, 0.3) is 12.2 Å². The fourth-order valence-corrected chi connectivity index (χ4v) is 2.91. The lowest BCUT2D eigenvalue weighted by Gasteiger charge is -2.11. The lowest BCUT2D eigenvalue weighted by atomic mass is 9.93. The van der Waals surface area contributed by atoms with Crippen LogP contribution < -0.4 is 10.4 Å². The van der Waals surface area contributed by atoms with Crippen LogP contribution in [0.3, 0.4) is 0 Å². The number of rotatable bonds is 2. The normalized spacial score (nSPS) is 12.7. The van der Waals surface area contributed by atoms with Crippen molar-refractivity contribution in [2.45, 2.75) is 33.1 Å². The summed E-state index contributed by atoms with van der Waals surface area (Å²) in [7, 11) is 0. The minimum absolute atomic E-state index is 1.05. The van der Waals surface area contributed by atoms with E-state index in [9.17, 15) is 0 Å².